The Labute approximate surface area is 121 Å². The van der Waals surface area contributed by atoms with Gasteiger partial charge in [0.2, 0.25) is 0 Å². The SMILES string of the molecule is O=C(c1cncc(-c2cccc(F)c2)n1)N1CCOCC1. The third kappa shape index (κ3) is 3.05. The number of amides is 1. The van der Waals surface area contributed by atoms with Gasteiger partial charge in [0, 0.05) is 18.7 Å². The first-order valence-electron chi connectivity index (χ1n) is 6.69. The summed E-state index contributed by atoms with van der Waals surface area (Å²) in [7, 11) is 0. The molecule has 0 atom stereocenters. The summed E-state index contributed by atoms with van der Waals surface area (Å²) in [6.07, 6.45) is 2.95. The molecule has 0 saturated carbocycles. The molecule has 2 aromatic rings. The summed E-state index contributed by atoms with van der Waals surface area (Å²) in [5, 5.41) is 0. The van der Waals surface area contributed by atoms with Crippen LogP contribution in [0, 0.1) is 5.82 Å². The van der Waals surface area contributed by atoms with E-state index in [1.165, 1.54) is 24.5 Å². The molecule has 0 spiro atoms. The van der Waals surface area contributed by atoms with E-state index in [2.05, 4.69) is 9.97 Å². The van der Waals surface area contributed by atoms with E-state index < -0.39 is 0 Å². The number of ether oxygens (including phenoxy) is 1. The van der Waals surface area contributed by atoms with Crippen LogP contribution in [0.4, 0.5) is 4.39 Å². The fourth-order valence-corrected chi connectivity index (χ4v) is 2.18. The highest BCUT2D eigenvalue weighted by atomic mass is 19.1. The van der Waals surface area contributed by atoms with Crippen LogP contribution in [0.25, 0.3) is 11.3 Å². The van der Waals surface area contributed by atoms with Crippen molar-refractivity contribution in [3.63, 3.8) is 0 Å². The van der Waals surface area contributed by atoms with Gasteiger partial charge in [0.05, 0.1) is 31.3 Å². The van der Waals surface area contributed by atoms with Gasteiger partial charge in [0.25, 0.3) is 5.91 Å². The lowest BCUT2D eigenvalue weighted by Gasteiger charge is -2.26. The molecule has 5 nitrogen and oxygen atoms in total. The van der Waals surface area contributed by atoms with E-state index in [1.807, 2.05) is 0 Å². The Kier molecular flexibility index (Phi) is 3.87. The zero-order valence-corrected chi connectivity index (χ0v) is 11.3. The van der Waals surface area contributed by atoms with E-state index in [0.717, 1.165) is 0 Å². The van der Waals surface area contributed by atoms with E-state index >= 15 is 0 Å². The second kappa shape index (κ2) is 5.97. The summed E-state index contributed by atoms with van der Waals surface area (Å²) < 4.78 is 18.5. The Morgan fingerprint density at radius 3 is 2.81 bits per heavy atom. The van der Waals surface area contributed by atoms with Crippen molar-refractivity contribution in [3.05, 3.63) is 48.2 Å². The lowest BCUT2D eigenvalue weighted by molar-refractivity contribution is 0.0299. The van der Waals surface area contributed by atoms with Gasteiger partial charge in [0.1, 0.15) is 11.5 Å². The maximum Gasteiger partial charge on any atom is 0.274 e. The third-order valence-corrected chi connectivity index (χ3v) is 3.27. The molecule has 1 aromatic heterocycles. The Morgan fingerprint density at radius 1 is 1.24 bits per heavy atom. The lowest BCUT2D eigenvalue weighted by Crippen LogP contribution is -2.41. The van der Waals surface area contributed by atoms with Crippen molar-refractivity contribution in [2.24, 2.45) is 0 Å². The molecule has 2 heterocycles. The normalized spacial score (nSPS) is 15.0. The smallest absolute Gasteiger partial charge is 0.274 e. The first-order chi connectivity index (χ1) is 10.2. The predicted octanol–water partition coefficient (Wildman–Crippen LogP) is 1.76. The number of aromatic nitrogens is 2. The Balaban J connectivity index is 1.87. The number of carbonyl (C=O) groups excluding carboxylic acids is 1. The van der Waals surface area contributed by atoms with Gasteiger partial charge in [-0.05, 0) is 12.1 Å². The molecule has 0 N–H and O–H groups in total. The first kappa shape index (κ1) is 13.6. The predicted molar refractivity (Wildman–Crippen MR) is 74.1 cm³/mol. The quantitative estimate of drug-likeness (QED) is 0.844. The fourth-order valence-electron chi connectivity index (χ4n) is 2.18. The van der Waals surface area contributed by atoms with Crippen molar-refractivity contribution < 1.29 is 13.9 Å². The molecule has 21 heavy (non-hydrogen) atoms. The van der Waals surface area contributed by atoms with Gasteiger partial charge in [-0.3, -0.25) is 9.78 Å². The molecule has 1 aromatic carbocycles. The molecular formula is C15H14FN3O2. The summed E-state index contributed by atoms with van der Waals surface area (Å²) in [4.78, 5) is 22.4. The van der Waals surface area contributed by atoms with Crippen LogP contribution in [0.3, 0.4) is 0 Å². The first-order valence-corrected chi connectivity index (χ1v) is 6.69. The molecule has 1 fully saturated rings. The van der Waals surface area contributed by atoms with Crippen molar-refractivity contribution in [2.75, 3.05) is 26.3 Å². The number of rotatable bonds is 2. The average molecular weight is 287 g/mol. The van der Waals surface area contributed by atoms with Gasteiger partial charge in [0.15, 0.2) is 0 Å². The van der Waals surface area contributed by atoms with Crippen LogP contribution >= 0.6 is 0 Å². The van der Waals surface area contributed by atoms with E-state index in [-0.39, 0.29) is 17.4 Å². The van der Waals surface area contributed by atoms with Gasteiger partial charge in [-0.1, -0.05) is 12.1 Å². The maximum atomic E-state index is 13.3. The summed E-state index contributed by atoms with van der Waals surface area (Å²) in [6, 6.07) is 6.06. The topological polar surface area (TPSA) is 55.3 Å². The zero-order valence-electron chi connectivity index (χ0n) is 11.3. The highest BCUT2D eigenvalue weighted by Gasteiger charge is 2.20. The molecule has 3 rings (SSSR count). The second-order valence-electron chi connectivity index (χ2n) is 4.70. The van der Waals surface area contributed by atoms with E-state index in [9.17, 15) is 9.18 Å². The monoisotopic (exact) mass is 287 g/mol. The van der Waals surface area contributed by atoms with Crippen LogP contribution in [0.15, 0.2) is 36.7 Å². The largest absolute Gasteiger partial charge is 0.378 e. The maximum absolute atomic E-state index is 13.3. The summed E-state index contributed by atoms with van der Waals surface area (Å²) >= 11 is 0. The molecule has 6 heteroatoms. The van der Waals surface area contributed by atoms with E-state index in [0.29, 0.717) is 37.6 Å². The van der Waals surface area contributed by atoms with Crippen LogP contribution in [0.2, 0.25) is 0 Å². The molecular weight excluding hydrogens is 273 g/mol. The molecule has 1 saturated heterocycles. The molecule has 0 bridgehead atoms. The fraction of sp³-hybridized carbons (Fsp3) is 0.267. The standard InChI is InChI=1S/C15H14FN3O2/c16-12-3-1-2-11(8-12)13-9-17-10-14(18-13)15(20)19-4-6-21-7-5-19/h1-3,8-10H,4-7H2. The van der Waals surface area contributed by atoms with Gasteiger partial charge >= 0.3 is 0 Å². The molecule has 1 aliphatic heterocycles. The summed E-state index contributed by atoms with van der Waals surface area (Å²) in [5.41, 5.74) is 1.34. The number of morpholine rings is 1. The second-order valence-corrected chi connectivity index (χ2v) is 4.70. The van der Waals surface area contributed by atoms with Crippen molar-refractivity contribution in [1.82, 2.24) is 14.9 Å². The minimum atomic E-state index is -0.348. The highest BCUT2D eigenvalue weighted by Crippen LogP contribution is 2.17. The number of nitrogens with zero attached hydrogens (tertiary/aromatic N) is 3. The summed E-state index contributed by atoms with van der Waals surface area (Å²) in [5.74, 6) is -0.525. The van der Waals surface area contributed by atoms with E-state index in [1.54, 1.807) is 17.0 Å². The average Bonchev–Trinajstić information content (AvgIpc) is 2.55. The molecule has 108 valence electrons. The Morgan fingerprint density at radius 2 is 2.05 bits per heavy atom. The van der Waals surface area contributed by atoms with Gasteiger partial charge in [-0.25, -0.2) is 9.37 Å². The lowest BCUT2D eigenvalue weighted by atomic mass is 10.1. The Bertz CT molecular complexity index is 657. The number of hydrogen-bond donors (Lipinski definition) is 0. The van der Waals surface area contributed by atoms with Crippen molar-refractivity contribution >= 4 is 5.91 Å². The molecule has 1 amide bonds. The number of benzene rings is 1. The number of halogens is 1. The Hall–Kier alpha value is -2.34. The van der Waals surface area contributed by atoms with Gasteiger partial charge < -0.3 is 9.64 Å². The van der Waals surface area contributed by atoms with Gasteiger partial charge in [-0.2, -0.15) is 0 Å². The van der Waals surface area contributed by atoms with Crippen molar-refractivity contribution in [1.29, 1.82) is 0 Å². The summed E-state index contributed by atoms with van der Waals surface area (Å²) in [6.45, 7) is 2.15. The number of hydrogen-bond acceptors (Lipinski definition) is 4. The molecule has 0 aliphatic carbocycles. The van der Waals surface area contributed by atoms with Crippen LogP contribution in [0.1, 0.15) is 10.5 Å². The minimum absolute atomic E-state index is 0.177. The van der Waals surface area contributed by atoms with Crippen LogP contribution in [-0.4, -0.2) is 47.1 Å². The molecule has 0 unspecified atom stereocenters. The minimum Gasteiger partial charge on any atom is -0.378 e. The number of carbonyl (C=O) groups is 1. The van der Waals surface area contributed by atoms with Gasteiger partial charge in [-0.15, -0.1) is 0 Å². The van der Waals surface area contributed by atoms with Crippen LogP contribution in [0.5, 0.6) is 0 Å². The molecule has 1 aliphatic rings. The van der Waals surface area contributed by atoms with E-state index in [4.69, 9.17) is 4.74 Å². The third-order valence-electron chi connectivity index (χ3n) is 3.27. The molecule has 0 radical (unpaired) electrons. The van der Waals surface area contributed by atoms with Crippen LogP contribution < -0.4 is 0 Å². The highest BCUT2D eigenvalue weighted by molar-refractivity contribution is 5.92. The van der Waals surface area contributed by atoms with Crippen LogP contribution in [-0.2, 0) is 4.74 Å². The van der Waals surface area contributed by atoms with Crippen molar-refractivity contribution in [3.8, 4) is 11.3 Å². The van der Waals surface area contributed by atoms with Crippen molar-refractivity contribution in [2.45, 2.75) is 0 Å². The zero-order chi connectivity index (χ0) is 14.7.